The molecule has 6 nitrogen and oxygen atoms in total. The Kier molecular flexibility index (Phi) is 7.10. The smallest absolute Gasteiger partial charge is 0.326 e. The molecule has 0 aliphatic carbocycles. The monoisotopic (exact) mass is 349 g/mol. The lowest BCUT2D eigenvalue weighted by molar-refractivity contribution is -0.153. The summed E-state index contributed by atoms with van der Waals surface area (Å²) < 4.78 is 11.2. The van der Waals surface area contributed by atoms with E-state index in [-0.39, 0.29) is 12.3 Å². The first kappa shape index (κ1) is 19.1. The summed E-state index contributed by atoms with van der Waals surface area (Å²) in [5, 5.41) is 9.34. The van der Waals surface area contributed by atoms with Crippen molar-refractivity contribution in [3.8, 4) is 11.5 Å². The number of carbonyl (C=O) groups is 2. The number of amides is 1. The molecular formula is C19H27NO5. The Hall–Kier alpha value is -2.24. The van der Waals surface area contributed by atoms with E-state index < -0.39 is 12.0 Å². The summed E-state index contributed by atoms with van der Waals surface area (Å²) in [7, 11) is 0. The van der Waals surface area contributed by atoms with Gasteiger partial charge in [0, 0.05) is 13.0 Å². The van der Waals surface area contributed by atoms with Crippen molar-refractivity contribution in [3.05, 3.63) is 24.3 Å². The third-order valence-corrected chi connectivity index (χ3v) is 4.41. The van der Waals surface area contributed by atoms with Gasteiger partial charge in [0.15, 0.2) is 11.5 Å². The summed E-state index contributed by atoms with van der Waals surface area (Å²) in [5.74, 6) is 0.658. The van der Waals surface area contributed by atoms with E-state index in [1.165, 1.54) is 4.90 Å². The molecule has 1 saturated heterocycles. The highest BCUT2D eigenvalue weighted by molar-refractivity contribution is 5.83. The van der Waals surface area contributed by atoms with Gasteiger partial charge >= 0.3 is 5.97 Å². The maximum absolute atomic E-state index is 12.4. The highest BCUT2D eigenvalue weighted by atomic mass is 16.5. The van der Waals surface area contributed by atoms with Crippen molar-refractivity contribution in [3.63, 3.8) is 0 Å². The van der Waals surface area contributed by atoms with Gasteiger partial charge in [-0.15, -0.1) is 0 Å². The van der Waals surface area contributed by atoms with Crippen LogP contribution in [0.15, 0.2) is 24.3 Å². The number of hydrogen-bond acceptors (Lipinski definition) is 4. The summed E-state index contributed by atoms with van der Waals surface area (Å²) in [6.07, 6.45) is 2.21. The molecule has 1 aliphatic rings. The van der Waals surface area contributed by atoms with Crippen molar-refractivity contribution in [2.45, 2.75) is 45.6 Å². The molecule has 1 aromatic rings. The van der Waals surface area contributed by atoms with Crippen molar-refractivity contribution >= 4 is 11.9 Å². The average Bonchev–Trinajstić information content (AvgIpc) is 2.60. The molecule has 1 fully saturated rings. The molecule has 2 rings (SSSR count). The first-order valence-corrected chi connectivity index (χ1v) is 8.89. The number of carbonyl (C=O) groups excluding carboxylic acids is 1. The number of aliphatic carboxylic acids is 1. The van der Waals surface area contributed by atoms with Crippen LogP contribution in [0.4, 0.5) is 0 Å². The van der Waals surface area contributed by atoms with Crippen LogP contribution in [-0.4, -0.2) is 47.7 Å². The second-order valence-electron chi connectivity index (χ2n) is 6.40. The van der Waals surface area contributed by atoms with Crippen LogP contribution in [0.25, 0.3) is 0 Å². The van der Waals surface area contributed by atoms with Gasteiger partial charge in [-0.2, -0.15) is 0 Å². The fourth-order valence-electron chi connectivity index (χ4n) is 3.07. The van der Waals surface area contributed by atoms with E-state index in [1.807, 2.05) is 38.1 Å². The Morgan fingerprint density at radius 3 is 2.56 bits per heavy atom. The van der Waals surface area contributed by atoms with Crippen molar-refractivity contribution in [1.29, 1.82) is 0 Å². The number of benzene rings is 1. The van der Waals surface area contributed by atoms with Crippen LogP contribution in [0.5, 0.6) is 11.5 Å². The number of hydrogen-bond donors (Lipinski definition) is 1. The highest BCUT2D eigenvalue weighted by Crippen LogP contribution is 2.27. The van der Waals surface area contributed by atoms with E-state index in [9.17, 15) is 14.7 Å². The van der Waals surface area contributed by atoms with E-state index in [0.717, 1.165) is 6.42 Å². The average molecular weight is 349 g/mol. The van der Waals surface area contributed by atoms with Crippen molar-refractivity contribution in [2.75, 3.05) is 19.8 Å². The first-order chi connectivity index (χ1) is 12.0. The van der Waals surface area contributed by atoms with Crippen molar-refractivity contribution in [1.82, 2.24) is 4.90 Å². The van der Waals surface area contributed by atoms with Crippen LogP contribution in [0.1, 0.15) is 39.5 Å². The molecule has 0 saturated carbocycles. The first-order valence-electron chi connectivity index (χ1n) is 8.89. The molecule has 1 amide bonds. The second-order valence-corrected chi connectivity index (χ2v) is 6.40. The lowest BCUT2D eigenvalue weighted by Gasteiger charge is -2.36. The number of nitrogens with zero attached hydrogens (tertiary/aromatic N) is 1. The largest absolute Gasteiger partial charge is 0.490 e. The molecule has 1 heterocycles. The molecule has 2 unspecified atom stereocenters. The number of ether oxygens (including phenoxy) is 2. The minimum Gasteiger partial charge on any atom is -0.490 e. The number of rotatable bonds is 8. The van der Waals surface area contributed by atoms with Gasteiger partial charge in [0.05, 0.1) is 13.2 Å². The molecule has 0 radical (unpaired) electrons. The van der Waals surface area contributed by atoms with Gasteiger partial charge in [-0.25, -0.2) is 4.79 Å². The van der Waals surface area contributed by atoms with E-state index in [0.29, 0.717) is 50.0 Å². The SMILES string of the molecule is CCOc1ccccc1OCCCC(=O)N1CCC(C)CC1C(=O)O. The zero-order valence-electron chi connectivity index (χ0n) is 14.9. The van der Waals surface area contributed by atoms with E-state index in [4.69, 9.17) is 9.47 Å². The van der Waals surface area contributed by atoms with Gasteiger partial charge in [0.25, 0.3) is 0 Å². The lowest BCUT2D eigenvalue weighted by Crippen LogP contribution is -2.49. The Morgan fingerprint density at radius 2 is 1.92 bits per heavy atom. The lowest BCUT2D eigenvalue weighted by atomic mass is 9.92. The minimum atomic E-state index is -0.915. The topological polar surface area (TPSA) is 76.1 Å². The maximum Gasteiger partial charge on any atom is 0.326 e. The minimum absolute atomic E-state index is 0.110. The second kappa shape index (κ2) is 9.30. The van der Waals surface area contributed by atoms with Crippen molar-refractivity contribution in [2.24, 2.45) is 5.92 Å². The summed E-state index contributed by atoms with van der Waals surface area (Å²) in [6, 6.07) is 6.73. The quantitative estimate of drug-likeness (QED) is 0.730. The molecule has 6 heteroatoms. The molecule has 0 spiro atoms. The Bertz CT molecular complexity index is 589. The van der Waals surface area contributed by atoms with Crippen LogP contribution in [0, 0.1) is 5.92 Å². The molecular weight excluding hydrogens is 322 g/mol. The fraction of sp³-hybridized carbons (Fsp3) is 0.579. The fourth-order valence-corrected chi connectivity index (χ4v) is 3.07. The molecule has 1 aromatic carbocycles. The number of piperidine rings is 1. The van der Waals surface area contributed by atoms with Gasteiger partial charge in [-0.1, -0.05) is 19.1 Å². The standard InChI is InChI=1S/C19H27NO5/c1-3-24-16-7-4-5-8-17(16)25-12-6-9-18(21)20-11-10-14(2)13-15(20)19(22)23/h4-5,7-8,14-15H,3,6,9-13H2,1-2H3,(H,22,23). The number of likely N-dealkylation sites (tertiary alicyclic amines) is 1. The summed E-state index contributed by atoms with van der Waals surface area (Å²) in [5.41, 5.74) is 0. The third-order valence-electron chi connectivity index (χ3n) is 4.41. The van der Waals surface area contributed by atoms with E-state index in [1.54, 1.807) is 0 Å². The predicted octanol–water partition coefficient (Wildman–Crippen LogP) is 2.96. The number of carboxylic acid groups (broad SMARTS) is 1. The Labute approximate surface area is 148 Å². The van der Waals surface area contributed by atoms with Crippen molar-refractivity contribution < 1.29 is 24.2 Å². The molecule has 1 N–H and O–H groups in total. The number of carboxylic acids is 1. The zero-order chi connectivity index (χ0) is 18.2. The van der Waals surface area contributed by atoms with Crippen LogP contribution in [-0.2, 0) is 9.59 Å². The highest BCUT2D eigenvalue weighted by Gasteiger charge is 2.34. The van der Waals surface area contributed by atoms with Gasteiger partial charge in [-0.3, -0.25) is 4.79 Å². The molecule has 2 atom stereocenters. The molecule has 0 aromatic heterocycles. The summed E-state index contributed by atoms with van der Waals surface area (Å²) in [4.78, 5) is 25.3. The molecule has 1 aliphatic heterocycles. The summed E-state index contributed by atoms with van der Waals surface area (Å²) in [6.45, 7) is 5.40. The summed E-state index contributed by atoms with van der Waals surface area (Å²) >= 11 is 0. The molecule has 0 bridgehead atoms. The third kappa shape index (κ3) is 5.37. The normalized spacial score (nSPS) is 20.2. The van der Waals surface area contributed by atoms with Gasteiger partial charge in [0.2, 0.25) is 5.91 Å². The number of para-hydroxylation sites is 2. The van der Waals surface area contributed by atoms with Crippen LogP contribution in [0.2, 0.25) is 0 Å². The molecule has 25 heavy (non-hydrogen) atoms. The Morgan fingerprint density at radius 1 is 1.24 bits per heavy atom. The van der Waals surface area contributed by atoms with Crippen LogP contribution in [0.3, 0.4) is 0 Å². The predicted molar refractivity (Wildman–Crippen MR) is 93.9 cm³/mol. The van der Waals surface area contributed by atoms with E-state index in [2.05, 4.69) is 0 Å². The van der Waals surface area contributed by atoms with Gasteiger partial charge in [0.1, 0.15) is 6.04 Å². The maximum atomic E-state index is 12.4. The van der Waals surface area contributed by atoms with Crippen LogP contribution < -0.4 is 9.47 Å². The Balaban J connectivity index is 1.81. The molecule has 138 valence electrons. The van der Waals surface area contributed by atoms with Gasteiger partial charge < -0.3 is 19.5 Å². The van der Waals surface area contributed by atoms with Gasteiger partial charge in [-0.05, 0) is 44.2 Å². The van der Waals surface area contributed by atoms with Crippen LogP contribution >= 0.6 is 0 Å². The zero-order valence-corrected chi connectivity index (χ0v) is 14.9. The van der Waals surface area contributed by atoms with E-state index >= 15 is 0 Å².